The molecule has 0 spiro atoms. The van der Waals surface area contributed by atoms with Crippen LogP contribution in [0, 0.1) is 0 Å². The van der Waals surface area contributed by atoms with Crippen molar-refractivity contribution in [3.8, 4) is 0 Å². The van der Waals surface area contributed by atoms with Crippen LogP contribution in [0.2, 0.25) is 0 Å². The van der Waals surface area contributed by atoms with E-state index in [0.717, 1.165) is 26.2 Å². The molecule has 0 aromatic heterocycles. The van der Waals surface area contributed by atoms with Gasteiger partial charge in [0, 0.05) is 70.6 Å². The summed E-state index contributed by atoms with van der Waals surface area (Å²) in [5.41, 5.74) is 2.89. The number of anilines is 1. The molecule has 0 aliphatic carbocycles. The Morgan fingerprint density at radius 2 is 1.74 bits per heavy atom. The minimum Gasteiger partial charge on any atom is -0.369 e. The number of nitrogens with zero attached hydrogens (tertiary/aromatic N) is 3. The van der Waals surface area contributed by atoms with E-state index >= 15 is 0 Å². The summed E-state index contributed by atoms with van der Waals surface area (Å²) in [7, 11) is 0. The highest BCUT2D eigenvalue weighted by Crippen LogP contribution is 2.19. The molecule has 2 fully saturated rings. The third-order valence-electron chi connectivity index (χ3n) is 5.25. The fourth-order valence-electron chi connectivity index (χ4n) is 3.63. The molecule has 1 aromatic carbocycles. The highest BCUT2D eigenvalue weighted by atomic mass is 15.3. The monoisotopic (exact) mass is 316 g/mol. The van der Waals surface area contributed by atoms with Crippen molar-refractivity contribution in [3.63, 3.8) is 0 Å². The second-order valence-electron chi connectivity index (χ2n) is 7.13. The van der Waals surface area contributed by atoms with Crippen molar-refractivity contribution >= 4 is 5.69 Å². The first-order valence-electron chi connectivity index (χ1n) is 9.23. The van der Waals surface area contributed by atoms with Gasteiger partial charge in [0.05, 0.1) is 0 Å². The summed E-state index contributed by atoms with van der Waals surface area (Å²) in [5, 5.41) is 3.42. The molecule has 1 N–H and O–H groups in total. The van der Waals surface area contributed by atoms with E-state index < -0.39 is 0 Å². The van der Waals surface area contributed by atoms with Crippen LogP contribution in [0.15, 0.2) is 24.3 Å². The topological polar surface area (TPSA) is 21.8 Å². The van der Waals surface area contributed by atoms with Gasteiger partial charge in [0.15, 0.2) is 0 Å². The van der Waals surface area contributed by atoms with E-state index in [4.69, 9.17) is 0 Å². The van der Waals surface area contributed by atoms with Gasteiger partial charge in [-0.25, -0.2) is 0 Å². The summed E-state index contributed by atoms with van der Waals surface area (Å²) < 4.78 is 0. The lowest BCUT2D eigenvalue weighted by molar-refractivity contribution is 0.209. The fourth-order valence-corrected chi connectivity index (χ4v) is 3.63. The van der Waals surface area contributed by atoms with Gasteiger partial charge in [-0.2, -0.15) is 0 Å². The number of nitrogens with one attached hydrogen (secondary N) is 1. The van der Waals surface area contributed by atoms with Gasteiger partial charge >= 0.3 is 0 Å². The number of hydrogen-bond donors (Lipinski definition) is 1. The van der Waals surface area contributed by atoms with Gasteiger partial charge < -0.3 is 15.1 Å². The van der Waals surface area contributed by atoms with Crippen LogP contribution in [0.5, 0.6) is 0 Å². The smallest absolute Gasteiger partial charge is 0.0369 e. The number of hydrogen-bond acceptors (Lipinski definition) is 4. The molecule has 1 aromatic rings. The summed E-state index contributed by atoms with van der Waals surface area (Å²) in [5.74, 6) is 0. The molecule has 0 bridgehead atoms. The summed E-state index contributed by atoms with van der Waals surface area (Å²) in [6, 6.07) is 9.88. The lowest BCUT2D eigenvalue weighted by Gasteiger charge is -2.38. The van der Waals surface area contributed by atoms with E-state index in [-0.39, 0.29) is 0 Å². The van der Waals surface area contributed by atoms with Gasteiger partial charge in [0.2, 0.25) is 0 Å². The molecule has 2 aliphatic rings. The van der Waals surface area contributed by atoms with Crippen molar-refractivity contribution in [2.75, 3.05) is 63.8 Å². The molecule has 0 radical (unpaired) electrons. The maximum Gasteiger partial charge on any atom is 0.0369 e. The molecule has 2 aliphatic heterocycles. The average molecular weight is 316 g/mol. The molecular weight excluding hydrogens is 284 g/mol. The summed E-state index contributed by atoms with van der Waals surface area (Å²) in [6.07, 6.45) is 1.17. The molecule has 4 heteroatoms. The van der Waals surface area contributed by atoms with Gasteiger partial charge in [0.1, 0.15) is 0 Å². The maximum atomic E-state index is 3.42. The van der Waals surface area contributed by atoms with Crippen LogP contribution in [-0.4, -0.2) is 74.7 Å². The quantitative estimate of drug-likeness (QED) is 0.892. The Bertz CT molecular complexity index is 474. The highest BCUT2D eigenvalue weighted by Gasteiger charge is 2.19. The van der Waals surface area contributed by atoms with Crippen molar-refractivity contribution < 1.29 is 0 Å². The van der Waals surface area contributed by atoms with Crippen LogP contribution in [0.3, 0.4) is 0 Å². The van der Waals surface area contributed by atoms with E-state index in [9.17, 15) is 0 Å². The van der Waals surface area contributed by atoms with Gasteiger partial charge in [-0.1, -0.05) is 12.1 Å². The van der Waals surface area contributed by atoms with Crippen LogP contribution in [0.1, 0.15) is 19.4 Å². The van der Waals surface area contributed by atoms with E-state index in [1.807, 2.05) is 0 Å². The van der Waals surface area contributed by atoms with Crippen molar-refractivity contribution in [3.05, 3.63) is 29.8 Å². The largest absolute Gasteiger partial charge is 0.369 e. The molecular formula is C19H32N4. The zero-order chi connectivity index (χ0) is 16.1. The first-order valence-corrected chi connectivity index (χ1v) is 9.23. The predicted molar refractivity (Wildman–Crippen MR) is 98.4 cm³/mol. The fraction of sp³-hybridized carbons (Fsp3) is 0.684. The van der Waals surface area contributed by atoms with Crippen LogP contribution in [-0.2, 0) is 6.42 Å². The molecule has 2 saturated heterocycles. The van der Waals surface area contributed by atoms with Crippen LogP contribution >= 0.6 is 0 Å². The standard InChI is InChI=1S/C19H32N4/c1-17(2)22-12-14-23(15-13-22)19-5-3-4-18(16-19)6-9-21-10-7-20-8-11-21/h3-5,16-17,20H,6-15H2,1-2H3. The van der Waals surface area contributed by atoms with Gasteiger partial charge in [-0.05, 0) is 38.0 Å². The van der Waals surface area contributed by atoms with Crippen molar-refractivity contribution in [2.45, 2.75) is 26.3 Å². The molecule has 0 unspecified atom stereocenters. The highest BCUT2D eigenvalue weighted by molar-refractivity contribution is 5.49. The molecule has 3 rings (SSSR count). The molecule has 0 saturated carbocycles. The van der Waals surface area contributed by atoms with E-state index in [1.54, 1.807) is 0 Å². The van der Waals surface area contributed by atoms with Gasteiger partial charge in [0.25, 0.3) is 0 Å². The van der Waals surface area contributed by atoms with Crippen LogP contribution in [0.25, 0.3) is 0 Å². The Labute approximate surface area is 141 Å². The minimum absolute atomic E-state index is 0.669. The number of rotatable bonds is 5. The first-order chi connectivity index (χ1) is 11.2. The average Bonchev–Trinajstić information content (AvgIpc) is 2.61. The van der Waals surface area contributed by atoms with Crippen LogP contribution in [0.4, 0.5) is 5.69 Å². The number of piperazine rings is 2. The molecule has 4 nitrogen and oxygen atoms in total. The molecule has 128 valence electrons. The first kappa shape index (κ1) is 16.7. The Balaban J connectivity index is 1.53. The van der Waals surface area contributed by atoms with Gasteiger partial charge in [-0.3, -0.25) is 4.90 Å². The van der Waals surface area contributed by atoms with Crippen molar-refractivity contribution in [2.24, 2.45) is 0 Å². The molecule has 23 heavy (non-hydrogen) atoms. The summed E-state index contributed by atoms with van der Waals surface area (Å²) >= 11 is 0. The van der Waals surface area contributed by atoms with Gasteiger partial charge in [-0.15, -0.1) is 0 Å². The maximum absolute atomic E-state index is 3.42. The normalized spacial score (nSPS) is 21.1. The third kappa shape index (κ3) is 4.69. The second kappa shape index (κ2) is 8.13. The minimum atomic E-state index is 0.669. The molecule has 2 heterocycles. The van der Waals surface area contributed by atoms with Crippen LogP contribution < -0.4 is 10.2 Å². The zero-order valence-corrected chi connectivity index (χ0v) is 14.8. The Morgan fingerprint density at radius 1 is 1.00 bits per heavy atom. The Kier molecular flexibility index (Phi) is 5.92. The Hall–Kier alpha value is -1.10. The molecule has 0 atom stereocenters. The van der Waals surface area contributed by atoms with Crippen molar-refractivity contribution in [1.29, 1.82) is 0 Å². The molecule has 0 amide bonds. The lowest BCUT2D eigenvalue weighted by Crippen LogP contribution is -2.48. The summed E-state index contributed by atoms with van der Waals surface area (Å²) in [6.45, 7) is 15.1. The SMILES string of the molecule is CC(C)N1CCN(c2cccc(CCN3CCNCC3)c2)CC1. The van der Waals surface area contributed by atoms with E-state index in [2.05, 4.69) is 58.1 Å². The third-order valence-corrected chi connectivity index (χ3v) is 5.25. The van der Waals surface area contributed by atoms with E-state index in [0.29, 0.717) is 6.04 Å². The summed E-state index contributed by atoms with van der Waals surface area (Å²) in [4.78, 5) is 7.70. The van der Waals surface area contributed by atoms with E-state index in [1.165, 1.54) is 50.4 Å². The Morgan fingerprint density at radius 3 is 2.43 bits per heavy atom. The predicted octanol–water partition coefficient (Wildman–Crippen LogP) is 1.66. The number of benzene rings is 1. The second-order valence-corrected chi connectivity index (χ2v) is 7.13. The van der Waals surface area contributed by atoms with Crippen molar-refractivity contribution in [1.82, 2.24) is 15.1 Å². The zero-order valence-electron chi connectivity index (χ0n) is 14.8. The lowest BCUT2D eigenvalue weighted by atomic mass is 10.1.